The van der Waals surface area contributed by atoms with Crippen molar-refractivity contribution in [2.75, 3.05) is 0 Å². The highest BCUT2D eigenvalue weighted by atomic mass is 16.4. The minimum absolute atomic E-state index is 0.244. The van der Waals surface area contributed by atoms with E-state index in [1.54, 1.807) is 0 Å². The number of amides is 3. The molecule has 3 atom stereocenters. The third-order valence-electron chi connectivity index (χ3n) is 3.59. The molecule has 0 radical (unpaired) electrons. The molecule has 3 amide bonds. The number of hydrogen-bond donors (Lipinski definition) is 3. The Labute approximate surface area is 126 Å². The summed E-state index contributed by atoms with van der Waals surface area (Å²) in [6, 6.07) is -2.06. The fourth-order valence-corrected chi connectivity index (χ4v) is 2.11. The summed E-state index contributed by atoms with van der Waals surface area (Å²) < 4.78 is 0. The lowest BCUT2D eigenvalue weighted by atomic mass is 9.86. The molecular formula is C13H19N3O6. The second-order valence-corrected chi connectivity index (χ2v) is 5.39. The van der Waals surface area contributed by atoms with Crippen molar-refractivity contribution < 1.29 is 29.1 Å². The number of nitrogens with two attached hydrogens (primary N) is 1. The predicted molar refractivity (Wildman–Crippen MR) is 73.4 cm³/mol. The maximum atomic E-state index is 12.4. The van der Waals surface area contributed by atoms with Crippen LogP contribution in [0.5, 0.6) is 0 Å². The summed E-state index contributed by atoms with van der Waals surface area (Å²) >= 11 is 0. The number of likely N-dealkylation sites (tertiary alicyclic amines) is 1. The van der Waals surface area contributed by atoms with Crippen molar-refractivity contribution in [3.63, 3.8) is 0 Å². The van der Waals surface area contributed by atoms with Gasteiger partial charge in [-0.1, -0.05) is 0 Å². The Morgan fingerprint density at radius 1 is 1.27 bits per heavy atom. The number of piperidine rings is 1. The van der Waals surface area contributed by atoms with E-state index in [9.17, 15) is 29.1 Å². The molecule has 1 rings (SSSR count). The van der Waals surface area contributed by atoms with Gasteiger partial charge < -0.3 is 16.2 Å². The van der Waals surface area contributed by atoms with Crippen LogP contribution in [0, 0.1) is 0 Å². The lowest BCUT2D eigenvalue weighted by Crippen LogP contribution is -2.67. The molecule has 0 spiro atoms. The van der Waals surface area contributed by atoms with Crippen LogP contribution < -0.4 is 11.1 Å². The second kappa shape index (κ2) is 6.22. The number of Topliss-reactive ketones (excluding diaryl/α,β-unsaturated/α-hetero) is 1. The first-order valence-electron chi connectivity index (χ1n) is 6.73. The topological polar surface area (TPSA) is 147 Å². The van der Waals surface area contributed by atoms with E-state index in [1.165, 1.54) is 13.8 Å². The highest BCUT2D eigenvalue weighted by Crippen LogP contribution is 2.27. The van der Waals surface area contributed by atoms with Crippen LogP contribution in [-0.2, 0) is 24.0 Å². The number of aliphatic carboxylic acids is 1. The molecule has 0 aromatic heterocycles. The molecule has 122 valence electrons. The summed E-state index contributed by atoms with van der Waals surface area (Å²) in [5, 5.41) is 11.6. The number of nitrogens with one attached hydrogen (secondary N) is 1. The summed E-state index contributed by atoms with van der Waals surface area (Å²) in [6.07, 6.45) is -0.493. The summed E-state index contributed by atoms with van der Waals surface area (Å²) in [6.45, 7) is 3.70. The summed E-state index contributed by atoms with van der Waals surface area (Å²) in [5.41, 5.74) is 3.10. The van der Waals surface area contributed by atoms with Crippen LogP contribution in [0.4, 0.5) is 0 Å². The normalized spacial score (nSPS) is 24.6. The number of imide groups is 1. The van der Waals surface area contributed by atoms with Crippen LogP contribution in [0.25, 0.3) is 0 Å². The van der Waals surface area contributed by atoms with Gasteiger partial charge in [0.2, 0.25) is 17.4 Å². The number of rotatable bonds is 4. The molecule has 9 nitrogen and oxygen atoms in total. The van der Waals surface area contributed by atoms with Crippen LogP contribution in [0.2, 0.25) is 0 Å². The highest BCUT2D eigenvalue weighted by molar-refractivity contribution is 6.18. The van der Waals surface area contributed by atoms with Gasteiger partial charge in [-0.25, -0.2) is 4.79 Å². The summed E-state index contributed by atoms with van der Waals surface area (Å²) in [5.74, 6) is -4.69. The quantitative estimate of drug-likeness (QED) is 0.529. The zero-order valence-electron chi connectivity index (χ0n) is 12.6. The smallest absolute Gasteiger partial charge is 0.337 e. The molecule has 4 N–H and O–H groups in total. The molecule has 9 heteroatoms. The van der Waals surface area contributed by atoms with Gasteiger partial charge in [0.25, 0.3) is 5.91 Å². The standard InChI is InChI=1S/C13H19N3O6/c1-6(14)10(19)15-7(2)11(20)16-9(18)5-4-8(17)13(16,3)12(21)22/h6-7H,4-5,14H2,1-3H3,(H,15,19)(H,21,22)/t6-,7-,13+/m0/s1. The van der Waals surface area contributed by atoms with Crippen molar-refractivity contribution in [1.82, 2.24) is 10.2 Å². The minimum atomic E-state index is -2.26. The van der Waals surface area contributed by atoms with Crippen molar-refractivity contribution in [2.24, 2.45) is 5.73 Å². The molecule has 1 aliphatic rings. The Balaban J connectivity index is 3.11. The van der Waals surface area contributed by atoms with Gasteiger partial charge in [-0.05, 0) is 20.8 Å². The molecule has 22 heavy (non-hydrogen) atoms. The van der Waals surface area contributed by atoms with Crippen molar-refractivity contribution >= 4 is 29.5 Å². The third-order valence-corrected chi connectivity index (χ3v) is 3.59. The summed E-state index contributed by atoms with van der Waals surface area (Å²) in [4.78, 5) is 59.6. The monoisotopic (exact) mass is 313 g/mol. The second-order valence-electron chi connectivity index (χ2n) is 5.39. The molecule has 0 aliphatic carbocycles. The SMILES string of the molecule is C[C@H](N)C(=O)N[C@@H](C)C(=O)N1C(=O)CCC(=O)[C@]1(C)C(=O)O. The molecule has 0 bridgehead atoms. The number of nitrogens with zero attached hydrogens (tertiary/aromatic N) is 1. The van der Waals surface area contributed by atoms with E-state index < -0.39 is 47.1 Å². The van der Waals surface area contributed by atoms with Gasteiger partial charge in [0.1, 0.15) is 6.04 Å². The maximum Gasteiger partial charge on any atom is 0.337 e. The third kappa shape index (κ3) is 2.98. The van der Waals surface area contributed by atoms with Gasteiger partial charge in [-0.2, -0.15) is 0 Å². The van der Waals surface area contributed by atoms with Gasteiger partial charge in [-0.15, -0.1) is 0 Å². The van der Waals surface area contributed by atoms with E-state index in [0.717, 1.165) is 6.92 Å². The van der Waals surface area contributed by atoms with E-state index in [0.29, 0.717) is 4.90 Å². The Kier molecular flexibility index (Phi) is 5.02. The van der Waals surface area contributed by atoms with Gasteiger partial charge in [-0.3, -0.25) is 24.1 Å². The zero-order chi connectivity index (χ0) is 17.2. The average molecular weight is 313 g/mol. The molecule has 1 heterocycles. The average Bonchev–Trinajstić information content (AvgIpc) is 2.42. The number of ketones is 1. The first-order chi connectivity index (χ1) is 10.0. The summed E-state index contributed by atoms with van der Waals surface area (Å²) in [7, 11) is 0. The fraction of sp³-hybridized carbons (Fsp3) is 0.615. The fourth-order valence-electron chi connectivity index (χ4n) is 2.11. The van der Waals surface area contributed by atoms with Crippen LogP contribution in [0.1, 0.15) is 33.6 Å². The molecule has 1 fully saturated rings. The van der Waals surface area contributed by atoms with E-state index in [4.69, 9.17) is 5.73 Å². The molecule has 0 saturated carbocycles. The Hall–Kier alpha value is -2.29. The Bertz CT molecular complexity index is 544. The number of carboxylic acids is 1. The van der Waals surface area contributed by atoms with Crippen molar-refractivity contribution in [3.8, 4) is 0 Å². The molecule has 1 saturated heterocycles. The number of hydrogen-bond acceptors (Lipinski definition) is 6. The van der Waals surface area contributed by atoms with Crippen molar-refractivity contribution in [1.29, 1.82) is 0 Å². The zero-order valence-corrected chi connectivity index (χ0v) is 12.6. The van der Waals surface area contributed by atoms with Crippen molar-refractivity contribution in [3.05, 3.63) is 0 Å². The number of carbonyl (C=O) groups excluding carboxylic acids is 4. The number of carboxylic acid groups (broad SMARTS) is 1. The molecule has 0 aromatic carbocycles. The van der Waals surface area contributed by atoms with Gasteiger partial charge >= 0.3 is 5.97 Å². The lowest BCUT2D eigenvalue weighted by molar-refractivity contribution is -0.173. The highest BCUT2D eigenvalue weighted by Gasteiger charge is 2.54. The molecule has 0 aromatic rings. The number of carbonyl (C=O) groups is 5. The largest absolute Gasteiger partial charge is 0.479 e. The lowest BCUT2D eigenvalue weighted by Gasteiger charge is -2.39. The molecule has 0 unspecified atom stereocenters. The van der Waals surface area contributed by atoms with Crippen LogP contribution in [0.3, 0.4) is 0 Å². The first-order valence-corrected chi connectivity index (χ1v) is 6.73. The van der Waals surface area contributed by atoms with Crippen LogP contribution in [0.15, 0.2) is 0 Å². The van der Waals surface area contributed by atoms with E-state index in [1.807, 2.05) is 0 Å². The maximum absolute atomic E-state index is 12.4. The minimum Gasteiger partial charge on any atom is -0.479 e. The predicted octanol–water partition coefficient (Wildman–Crippen LogP) is -1.60. The Morgan fingerprint density at radius 3 is 2.27 bits per heavy atom. The first kappa shape index (κ1) is 17.8. The van der Waals surface area contributed by atoms with Crippen molar-refractivity contribution in [2.45, 2.75) is 51.2 Å². The van der Waals surface area contributed by atoms with E-state index in [-0.39, 0.29) is 12.8 Å². The van der Waals surface area contributed by atoms with Gasteiger partial charge in [0.05, 0.1) is 6.04 Å². The Morgan fingerprint density at radius 2 is 1.82 bits per heavy atom. The van der Waals surface area contributed by atoms with Crippen LogP contribution >= 0.6 is 0 Å². The van der Waals surface area contributed by atoms with E-state index in [2.05, 4.69) is 5.32 Å². The van der Waals surface area contributed by atoms with Gasteiger partial charge in [0, 0.05) is 12.8 Å². The van der Waals surface area contributed by atoms with Gasteiger partial charge in [0.15, 0.2) is 5.78 Å². The molecule has 1 aliphatic heterocycles. The van der Waals surface area contributed by atoms with Crippen LogP contribution in [-0.4, -0.2) is 57.1 Å². The molecular weight excluding hydrogens is 294 g/mol. The van der Waals surface area contributed by atoms with E-state index >= 15 is 0 Å².